The van der Waals surface area contributed by atoms with Crippen LogP contribution < -0.4 is 10.1 Å². The Morgan fingerprint density at radius 3 is 2.87 bits per heavy atom. The molecule has 0 radical (unpaired) electrons. The second-order valence-corrected chi connectivity index (χ2v) is 5.78. The maximum absolute atomic E-state index is 12.0. The highest BCUT2D eigenvalue weighted by atomic mass is 16.5. The zero-order chi connectivity index (χ0) is 16.7. The molecule has 0 fully saturated rings. The van der Waals surface area contributed by atoms with Crippen LogP contribution in [-0.2, 0) is 24.7 Å². The molecular formula is C17H24N4O2. The van der Waals surface area contributed by atoms with E-state index in [0.29, 0.717) is 19.4 Å². The van der Waals surface area contributed by atoms with Crippen molar-refractivity contribution < 1.29 is 9.53 Å². The van der Waals surface area contributed by atoms with Crippen LogP contribution in [-0.4, -0.2) is 34.3 Å². The third kappa shape index (κ3) is 5.09. The molecule has 0 aliphatic heterocycles. The number of para-hydroxylation sites is 1. The highest BCUT2D eigenvalue weighted by Gasteiger charge is 2.12. The molecule has 0 bridgehead atoms. The first-order chi connectivity index (χ1) is 11.1. The van der Waals surface area contributed by atoms with Gasteiger partial charge >= 0.3 is 0 Å². The van der Waals surface area contributed by atoms with Crippen LogP contribution in [0, 0.1) is 5.92 Å². The molecule has 0 spiro atoms. The van der Waals surface area contributed by atoms with E-state index in [1.54, 1.807) is 13.4 Å². The summed E-state index contributed by atoms with van der Waals surface area (Å²) in [5, 5.41) is 10.8. The second kappa shape index (κ2) is 8.31. The molecule has 2 aromatic rings. The molecule has 1 N–H and O–H groups in total. The fourth-order valence-corrected chi connectivity index (χ4v) is 2.56. The lowest BCUT2D eigenvalue weighted by molar-refractivity contribution is -0.121. The Bertz CT molecular complexity index is 639. The Morgan fingerprint density at radius 2 is 2.17 bits per heavy atom. The van der Waals surface area contributed by atoms with Gasteiger partial charge in [0.1, 0.15) is 17.9 Å². The summed E-state index contributed by atoms with van der Waals surface area (Å²) in [6, 6.07) is 7.93. The van der Waals surface area contributed by atoms with Gasteiger partial charge in [0.05, 0.1) is 7.11 Å². The molecule has 0 saturated heterocycles. The van der Waals surface area contributed by atoms with Gasteiger partial charge in [0.25, 0.3) is 0 Å². The Labute approximate surface area is 136 Å². The molecule has 6 heteroatoms. The van der Waals surface area contributed by atoms with Crippen LogP contribution in [0.1, 0.15) is 24.7 Å². The molecule has 0 aliphatic rings. The Balaban J connectivity index is 1.75. The van der Waals surface area contributed by atoms with E-state index >= 15 is 0 Å². The maximum atomic E-state index is 12.0. The first-order valence-electron chi connectivity index (χ1n) is 7.81. The number of carbonyl (C=O) groups excluding carboxylic acids is 1. The number of benzene rings is 1. The molecule has 1 amide bonds. The van der Waals surface area contributed by atoms with E-state index in [1.165, 1.54) is 0 Å². The molecule has 1 aromatic carbocycles. The minimum Gasteiger partial charge on any atom is -0.496 e. The largest absolute Gasteiger partial charge is 0.496 e. The Morgan fingerprint density at radius 1 is 1.39 bits per heavy atom. The molecule has 2 rings (SSSR count). The van der Waals surface area contributed by atoms with Crippen LogP contribution in [0.5, 0.6) is 5.75 Å². The van der Waals surface area contributed by atoms with Gasteiger partial charge in [-0.15, -0.1) is 10.2 Å². The smallest absolute Gasteiger partial charge is 0.220 e. The quantitative estimate of drug-likeness (QED) is 0.805. The Hall–Kier alpha value is -2.37. The number of hydrogen-bond donors (Lipinski definition) is 1. The van der Waals surface area contributed by atoms with E-state index < -0.39 is 0 Å². The van der Waals surface area contributed by atoms with E-state index in [-0.39, 0.29) is 11.8 Å². The predicted molar refractivity (Wildman–Crippen MR) is 88.2 cm³/mol. The lowest BCUT2D eigenvalue weighted by Gasteiger charge is -2.14. The van der Waals surface area contributed by atoms with Crippen molar-refractivity contribution in [3.8, 4) is 5.75 Å². The van der Waals surface area contributed by atoms with Crippen molar-refractivity contribution in [2.24, 2.45) is 13.0 Å². The molecule has 1 atom stereocenters. The zero-order valence-corrected chi connectivity index (χ0v) is 14.0. The van der Waals surface area contributed by atoms with Gasteiger partial charge in [-0.3, -0.25) is 4.79 Å². The van der Waals surface area contributed by atoms with Gasteiger partial charge in [-0.1, -0.05) is 25.1 Å². The van der Waals surface area contributed by atoms with E-state index in [9.17, 15) is 4.79 Å². The van der Waals surface area contributed by atoms with Gasteiger partial charge < -0.3 is 14.6 Å². The zero-order valence-electron chi connectivity index (χ0n) is 14.0. The highest BCUT2D eigenvalue weighted by Crippen LogP contribution is 2.21. The summed E-state index contributed by atoms with van der Waals surface area (Å²) < 4.78 is 7.21. The minimum atomic E-state index is 0.0644. The number of aryl methyl sites for hydroxylation is 1. The molecular weight excluding hydrogens is 292 g/mol. The molecule has 23 heavy (non-hydrogen) atoms. The first kappa shape index (κ1) is 17.0. The fraction of sp³-hybridized carbons (Fsp3) is 0.471. The lowest BCUT2D eigenvalue weighted by Crippen LogP contribution is -2.28. The topological polar surface area (TPSA) is 69.0 Å². The standard InChI is InChI=1S/C17H24N4O2/c1-13(10-14-6-4-5-7-15(14)23-3)11-17(22)18-9-8-16-20-19-12-21(16)2/h4-7,12-13H,8-11H2,1-3H3,(H,18,22)/t13-/m0/s1. The molecule has 1 heterocycles. The van der Waals surface area contributed by atoms with Gasteiger partial charge in [0.15, 0.2) is 0 Å². The molecule has 0 saturated carbocycles. The van der Waals surface area contributed by atoms with Gasteiger partial charge in [0.2, 0.25) is 5.91 Å². The van der Waals surface area contributed by atoms with Crippen molar-refractivity contribution in [2.75, 3.05) is 13.7 Å². The number of carbonyl (C=O) groups is 1. The van der Waals surface area contributed by atoms with Gasteiger partial charge in [-0.25, -0.2) is 0 Å². The highest BCUT2D eigenvalue weighted by molar-refractivity contribution is 5.76. The van der Waals surface area contributed by atoms with Crippen LogP contribution in [0.2, 0.25) is 0 Å². The van der Waals surface area contributed by atoms with Gasteiger partial charge in [0, 0.05) is 26.4 Å². The molecule has 1 aromatic heterocycles. The van der Waals surface area contributed by atoms with Crippen LogP contribution in [0.25, 0.3) is 0 Å². The third-order valence-electron chi connectivity index (χ3n) is 3.77. The number of rotatable bonds is 8. The minimum absolute atomic E-state index is 0.0644. The predicted octanol–water partition coefficient (Wildman–Crippen LogP) is 1.75. The van der Waals surface area contributed by atoms with Crippen molar-refractivity contribution in [3.63, 3.8) is 0 Å². The summed E-state index contributed by atoms with van der Waals surface area (Å²) >= 11 is 0. The number of nitrogens with zero attached hydrogens (tertiary/aromatic N) is 3. The number of ether oxygens (including phenoxy) is 1. The average molecular weight is 316 g/mol. The summed E-state index contributed by atoms with van der Waals surface area (Å²) in [4.78, 5) is 12.0. The van der Waals surface area contributed by atoms with E-state index in [2.05, 4.69) is 22.4 Å². The lowest BCUT2D eigenvalue weighted by atomic mass is 9.97. The van der Waals surface area contributed by atoms with Crippen molar-refractivity contribution >= 4 is 5.91 Å². The van der Waals surface area contributed by atoms with Gasteiger partial charge in [-0.05, 0) is 24.0 Å². The van der Waals surface area contributed by atoms with E-state index in [0.717, 1.165) is 23.6 Å². The van der Waals surface area contributed by atoms with Crippen LogP contribution in [0.15, 0.2) is 30.6 Å². The summed E-state index contributed by atoms with van der Waals surface area (Å²) in [5.74, 6) is 2.06. The van der Waals surface area contributed by atoms with Crippen LogP contribution in [0.3, 0.4) is 0 Å². The number of aromatic nitrogens is 3. The number of amides is 1. The van der Waals surface area contributed by atoms with Crippen LogP contribution >= 0.6 is 0 Å². The summed E-state index contributed by atoms with van der Waals surface area (Å²) in [7, 11) is 3.56. The molecule has 0 unspecified atom stereocenters. The van der Waals surface area contributed by atoms with Crippen molar-refractivity contribution in [1.82, 2.24) is 20.1 Å². The fourth-order valence-electron chi connectivity index (χ4n) is 2.56. The molecule has 124 valence electrons. The Kier molecular flexibility index (Phi) is 6.14. The third-order valence-corrected chi connectivity index (χ3v) is 3.77. The number of nitrogens with one attached hydrogen (secondary N) is 1. The van der Waals surface area contributed by atoms with Gasteiger partial charge in [-0.2, -0.15) is 0 Å². The first-order valence-corrected chi connectivity index (χ1v) is 7.81. The van der Waals surface area contributed by atoms with Crippen molar-refractivity contribution in [1.29, 1.82) is 0 Å². The molecule has 6 nitrogen and oxygen atoms in total. The average Bonchev–Trinajstić information content (AvgIpc) is 2.93. The molecule has 0 aliphatic carbocycles. The second-order valence-electron chi connectivity index (χ2n) is 5.78. The number of hydrogen-bond acceptors (Lipinski definition) is 4. The maximum Gasteiger partial charge on any atom is 0.220 e. The summed E-state index contributed by atoms with van der Waals surface area (Å²) in [5.41, 5.74) is 1.13. The van der Waals surface area contributed by atoms with Crippen molar-refractivity contribution in [3.05, 3.63) is 42.0 Å². The summed E-state index contributed by atoms with van der Waals surface area (Å²) in [6.07, 6.45) is 3.66. The van der Waals surface area contributed by atoms with Crippen molar-refractivity contribution in [2.45, 2.75) is 26.2 Å². The van der Waals surface area contributed by atoms with E-state index in [4.69, 9.17) is 4.74 Å². The van der Waals surface area contributed by atoms with E-state index in [1.807, 2.05) is 35.9 Å². The van der Waals surface area contributed by atoms with Crippen LogP contribution in [0.4, 0.5) is 0 Å². The summed E-state index contributed by atoms with van der Waals surface area (Å²) in [6.45, 7) is 2.65. The monoisotopic (exact) mass is 316 g/mol. The number of methoxy groups -OCH3 is 1. The SMILES string of the molecule is COc1ccccc1C[C@H](C)CC(=O)NCCc1nncn1C. The normalized spacial score (nSPS) is 12.0.